The minimum absolute atomic E-state index is 0.0371. The average molecular weight is 280 g/mol. The lowest BCUT2D eigenvalue weighted by Crippen LogP contribution is -1.88. The first-order valence-electron chi connectivity index (χ1n) is 4.78. The van der Waals surface area contributed by atoms with Crippen LogP contribution in [0.3, 0.4) is 0 Å². The molecular weight excluding hydrogens is 270 g/mol. The van der Waals surface area contributed by atoms with Crippen LogP contribution in [0.25, 0.3) is 0 Å². The first kappa shape index (κ1) is 11.1. The molecule has 0 saturated carbocycles. The van der Waals surface area contributed by atoms with Gasteiger partial charge in [-0.3, -0.25) is 0 Å². The van der Waals surface area contributed by atoms with Gasteiger partial charge in [0.1, 0.15) is 10.4 Å². The third-order valence-corrected chi connectivity index (χ3v) is 2.46. The van der Waals surface area contributed by atoms with Crippen LogP contribution < -0.4 is 4.74 Å². The lowest BCUT2D eigenvalue weighted by molar-refractivity contribution is 0.281. The quantitative estimate of drug-likeness (QED) is 0.878. The molecule has 1 aromatic carbocycles. The number of aliphatic hydroxyl groups is 1. The van der Waals surface area contributed by atoms with E-state index in [4.69, 9.17) is 9.84 Å². The van der Waals surface area contributed by atoms with Crippen molar-refractivity contribution in [2.24, 2.45) is 0 Å². The minimum atomic E-state index is 0.0371. The molecule has 0 aliphatic rings. The maximum absolute atomic E-state index is 8.90. The van der Waals surface area contributed by atoms with Gasteiger partial charge in [0.25, 0.3) is 0 Å². The number of rotatable bonds is 3. The molecule has 0 aliphatic carbocycles. The molecule has 82 valence electrons. The molecule has 0 radical (unpaired) electrons. The summed E-state index contributed by atoms with van der Waals surface area (Å²) in [6.45, 7) is 0.0371. The zero-order chi connectivity index (χ0) is 11.4. The van der Waals surface area contributed by atoms with E-state index in [1.807, 2.05) is 24.3 Å². The highest BCUT2D eigenvalue weighted by molar-refractivity contribution is 9.10. The van der Waals surface area contributed by atoms with E-state index in [0.717, 1.165) is 10.2 Å². The Morgan fingerprint density at radius 1 is 1.12 bits per heavy atom. The van der Waals surface area contributed by atoms with Gasteiger partial charge >= 0.3 is 0 Å². The highest BCUT2D eigenvalue weighted by Crippen LogP contribution is 2.21. The maximum atomic E-state index is 8.90. The van der Waals surface area contributed by atoms with Crippen LogP contribution in [0, 0.1) is 0 Å². The van der Waals surface area contributed by atoms with Crippen molar-refractivity contribution in [1.82, 2.24) is 4.98 Å². The van der Waals surface area contributed by atoms with Crippen molar-refractivity contribution < 1.29 is 9.84 Å². The molecule has 1 aromatic heterocycles. The SMILES string of the molecule is OCc1ccc(Oc2cccc(Br)n2)cc1. The van der Waals surface area contributed by atoms with E-state index in [0.29, 0.717) is 11.6 Å². The van der Waals surface area contributed by atoms with Crippen molar-refractivity contribution in [3.8, 4) is 11.6 Å². The Hall–Kier alpha value is -1.39. The monoisotopic (exact) mass is 279 g/mol. The zero-order valence-electron chi connectivity index (χ0n) is 8.43. The molecule has 1 N–H and O–H groups in total. The zero-order valence-corrected chi connectivity index (χ0v) is 10.0. The molecule has 3 nitrogen and oxygen atoms in total. The van der Waals surface area contributed by atoms with Gasteiger partial charge in [0, 0.05) is 6.07 Å². The highest BCUT2D eigenvalue weighted by atomic mass is 79.9. The molecule has 2 rings (SSSR count). The van der Waals surface area contributed by atoms with Gasteiger partial charge in [0.2, 0.25) is 5.88 Å². The van der Waals surface area contributed by atoms with Gasteiger partial charge in [-0.15, -0.1) is 0 Å². The molecular formula is C12H10BrNO2. The Bertz CT molecular complexity index is 471. The summed E-state index contributed by atoms with van der Waals surface area (Å²) in [7, 11) is 0. The van der Waals surface area contributed by atoms with Crippen LogP contribution in [-0.4, -0.2) is 10.1 Å². The Kier molecular flexibility index (Phi) is 3.54. The van der Waals surface area contributed by atoms with E-state index in [-0.39, 0.29) is 6.61 Å². The molecule has 1 heterocycles. The van der Waals surface area contributed by atoms with Crippen LogP contribution in [0.15, 0.2) is 47.1 Å². The standard InChI is InChI=1S/C12H10BrNO2/c13-11-2-1-3-12(14-11)16-10-6-4-9(8-15)5-7-10/h1-7,15H,8H2. The maximum Gasteiger partial charge on any atom is 0.220 e. The Morgan fingerprint density at radius 3 is 2.50 bits per heavy atom. The number of ether oxygens (including phenoxy) is 1. The van der Waals surface area contributed by atoms with E-state index in [2.05, 4.69) is 20.9 Å². The summed E-state index contributed by atoms with van der Waals surface area (Å²) in [5.74, 6) is 1.23. The number of benzene rings is 1. The molecule has 2 aromatic rings. The molecule has 0 aliphatic heterocycles. The second kappa shape index (κ2) is 5.09. The number of hydrogen-bond acceptors (Lipinski definition) is 3. The first-order chi connectivity index (χ1) is 7.78. The van der Waals surface area contributed by atoms with Crippen molar-refractivity contribution >= 4 is 15.9 Å². The topological polar surface area (TPSA) is 42.4 Å². The van der Waals surface area contributed by atoms with Gasteiger partial charge in [-0.2, -0.15) is 0 Å². The van der Waals surface area contributed by atoms with Crippen LogP contribution >= 0.6 is 15.9 Å². The van der Waals surface area contributed by atoms with Crippen LogP contribution in [0.2, 0.25) is 0 Å². The number of aromatic nitrogens is 1. The van der Waals surface area contributed by atoms with Crippen molar-refractivity contribution in [2.75, 3.05) is 0 Å². The van der Waals surface area contributed by atoms with Crippen LogP contribution in [0.4, 0.5) is 0 Å². The summed E-state index contributed by atoms with van der Waals surface area (Å²) in [6.07, 6.45) is 0. The number of pyridine rings is 1. The lowest BCUT2D eigenvalue weighted by atomic mass is 10.2. The van der Waals surface area contributed by atoms with E-state index >= 15 is 0 Å². The van der Waals surface area contributed by atoms with Gasteiger partial charge in [-0.25, -0.2) is 4.98 Å². The third-order valence-electron chi connectivity index (χ3n) is 2.02. The Labute approximate surface area is 102 Å². The number of hydrogen-bond donors (Lipinski definition) is 1. The average Bonchev–Trinajstić information content (AvgIpc) is 2.30. The van der Waals surface area contributed by atoms with Gasteiger partial charge in [0.05, 0.1) is 6.61 Å². The predicted octanol–water partition coefficient (Wildman–Crippen LogP) is 3.13. The predicted molar refractivity (Wildman–Crippen MR) is 64.4 cm³/mol. The summed E-state index contributed by atoms with van der Waals surface area (Å²) < 4.78 is 6.27. The Balaban J connectivity index is 2.14. The molecule has 0 fully saturated rings. The van der Waals surface area contributed by atoms with Crippen molar-refractivity contribution in [3.05, 3.63) is 52.6 Å². The van der Waals surface area contributed by atoms with E-state index in [9.17, 15) is 0 Å². The number of aliphatic hydroxyl groups excluding tert-OH is 1. The summed E-state index contributed by atoms with van der Waals surface area (Å²) in [5, 5.41) is 8.90. The summed E-state index contributed by atoms with van der Waals surface area (Å²) in [6, 6.07) is 12.7. The first-order valence-corrected chi connectivity index (χ1v) is 5.57. The fourth-order valence-corrected chi connectivity index (χ4v) is 1.56. The van der Waals surface area contributed by atoms with Crippen LogP contribution in [0.1, 0.15) is 5.56 Å². The van der Waals surface area contributed by atoms with Gasteiger partial charge in [-0.05, 0) is 39.7 Å². The minimum Gasteiger partial charge on any atom is -0.439 e. The summed E-state index contributed by atoms with van der Waals surface area (Å²) in [5.41, 5.74) is 0.856. The van der Waals surface area contributed by atoms with Crippen molar-refractivity contribution in [1.29, 1.82) is 0 Å². The molecule has 0 bridgehead atoms. The van der Waals surface area contributed by atoms with Crippen molar-refractivity contribution in [2.45, 2.75) is 6.61 Å². The molecule has 4 heteroatoms. The second-order valence-corrected chi connectivity index (χ2v) is 4.02. The van der Waals surface area contributed by atoms with Gasteiger partial charge in [0.15, 0.2) is 0 Å². The molecule has 0 saturated heterocycles. The highest BCUT2D eigenvalue weighted by Gasteiger charge is 1.99. The van der Waals surface area contributed by atoms with E-state index < -0.39 is 0 Å². The lowest BCUT2D eigenvalue weighted by Gasteiger charge is -2.05. The van der Waals surface area contributed by atoms with Gasteiger partial charge < -0.3 is 9.84 Å². The normalized spacial score (nSPS) is 10.1. The third kappa shape index (κ3) is 2.81. The summed E-state index contributed by atoms with van der Waals surface area (Å²) in [4.78, 5) is 4.16. The van der Waals surface area contributed by atoms with Gasteiger partial charge in [-0.1, -0.05) is 18.2 Å². The van der Waals surface area contributed by atoms with Crippen LogP contribution in [0.5, 0.6) is 11.6 Å². The molecule has 0 atom stereocenters. The largest absolute Gasteiger partial charge is 0.439 e. The smallest absolute Gasteiger partial charge is 0.220 e. The molecule has 0 unspecified atom stereocenters. The molecule has 16 heavy (non-hydrogen) atoms. The van der Waals surface area contributed by atoms with Crippen LogP contribution in [-0.2, 0) is 6.61 Å². The molecule has 0 amide bonds. The second-order valence-electron chi connectivity index (χ2n) is 3.20. The fourth-order valence-electron chi connectivity index (χ4n) is 1.23. The molecule has 0 spiro atoms. The van der Waals surface area contributed by atoms with E-state index in [1.54, 1.807) is 18.2 Å². The van der Waals surface area contributed by atoms with Crippen molar-refractivity contribution in [3.63, 3.8) is 0 Å². The fraction of sp³-hybridized carbons (Fsp3) is 0.0833. The number of halogens is 1. The van der Waals surface area contributed by atoms with E-state index in [1.165, 1.54) is 0 Å². The number of nitrogens with zero attached hydrogens (tertiary/aromatic N) is 1. The Morgan fingerprint density at radius 2 is 1.88 bits per heavy atom. The summed E-state index contributed by atoms with van der Waals surface area (Å²) >= 11 is 3.27.